The number of benzene rings is 2. The topological polar surface area (TPSA) is 72.2 Å². The van der Waals surface area contributed by atoms with Crippen molar-refractivity contribution in [3.05, 3.63) is 48.0 Å². The number of carbonyl (C=O) groups excluding carboxylic acids is 2. The van der Waals surface area contributed by atoms with Gasteiger partial charge in [0.1, 0.15) is 0 Å². The van der Waals surface area contributed by atoms with Crippen LogP contribution in [0.2, 0.25) is 0 Å². The van der Waals surface area contributed by atoms with Gasteiger partial charge in [-0.3, -0.25) is 14.9 Å². The summed E-state index contributed by atoms with van der Waals surface area (Å²) in [5.74, 6) is -0.232. The van der Waals surface area contributed by atoms with E-state index < -0.39 is 11.9 Å². The molecule has 2 aromatic carbocycles. The van der Waals surface area contributed by atoms with Crippen LogP contribution in [0.5, 0.6) is 0 Å². The minimum Gasteiger partial charge on any atom is -0.320 e. The lowest BCUT2D eigenvalue weighted by Crippen LogP contribution is -2.44. The maximum atomic E-state index is 12.1. The monoisotopic (exact) mass is 312 g/mol. The Balaban J connectivity index is 1.99. The van der Waals surface area contributed by atoms with Crippen LogP contribution in [0.25, 0.3) is 10.8 Å². The van der Waals surface area contributed by atoms with E-state index in [1.807, 2.05) is 56.3 Å². The molecule has 2 rings (SSSR count). The second kappa shape index (κ2) is 7.88. The predicted octanol–water partition coefficient (Wildman–Crippen LogP) is 2.79. The minimum absolute atomic E-state index is 0.253. The van der Waals surface area contributed by atoms with Crippen molar-refractivity contribution < 1.29 is 9.59 Å². The lowest BCUT2D eigenvalue weighted by molar-refractivity contribution is -0.131. The van der Waals surface area contributed by atoms with Gasteiger partial charge in [0.2, 0.25) is 11.8 Å². The lowest BCUT2D eigenvalue weighted by atomic mass is 9.99. The van der Waals surface area contributed by atoms with Gasteiger partial charge in [-0.2, -0.15) is 0 Å². The molecule has 0 aliphatic rings. The molecule has 23 heavy (non-hydrogen) atoms. The fourth-order valence-corrected chi connectivity index (χ4v) is 2.51. The molecular formula is C19H24N2O2. The van der Waals surface area contributed by atoms with E-state index in [1.165, 1.54) is 0 Å². The molecule has 4 nitrogen and oxygen atoms in total. The quantitative estimate of drug-likeness (QED) is 0.861. The standard InChI is InChI=1S/C19H24N2O2/c1-13(2)10-11-18(22)21-19(23)17(20)12-15-8-5-7-14-6-3-4-9-16(14)15/h3-9,13,17H,10-12,20H2,1-2H3,(H,21,22,23). The molecule has 0 saturated carbocycles. The third-order valence-corrected chi connectivity index (χ3v) is 3.87. The van der Waals surface area contributed by atoms with Gasteiger partial charge in [-0.05, 0) is 35.1 Å². The van der Waals surface area contributed by atoms with E-state index in [0.717, 1.165) is 22.8 Å². The maximum absolute atomic E-state index is 12.1. The van der Waals surface area contributed by atoms with Crippen LogP contribution in [0.3, 0.4) is 0 Å². The molecule has 0 fully saturated rings. The summed E-state index contributed by atoms with van der Waals surface area (Å²) in [4.78, 5) is 23.8. The van der Waals surface area contributed by atoms with Gasteiger partial charge in [0.25, 0.3) is 0 Å². The first kappa shape index (κ1) is 17.2. The molecule has 0 aliphatic heterocycles. The molecule has 0 aliphatic carbocycles. The Morgan fingerprint density at radius 1 is 1.09 bits per heavy atom. The molecule has 2 aromatic rings. The van der Waals surface area contributed by atoms with E-state index in [9.17, 15) is 9.59 Å². The van der Waals surface area contributed by atoms with Gasteiger partial charge in [0.15, 0.2) is 0 Å². The van der Waals surface area contributed by atoms with Gasteiger partial charge in [-0.1, -0.05) is 56.3 Å². The molecule has 2 amide bonds. The minimum atomic E-state index is -0.733. The fourth-order valence-electron chi connectivity index (χ4n) is 2.51. The van der Waals surface area contributed by atoms with Crippen molar-refractivity contribution in [2.75, 3.05) is 0 Å². The van der Waals surface area contributed by atoms with Crippen molar-refractivity contribution >= 4 is 22.6 Å². The highest BCUT2D eigenvalue weighted by atomic mass is 16.2. The van der Waals surface area contributed by atoms with Gasteiger partial charge in [0, 0.05) is 6.42 Å². The molecule has 122 valence electrons. The number of amides is 2. The Hall–Kier alpha value is -2.20. The normalized spacial score (nSPS) is 12.3. The first-order chi connectivity index (χ1) is 11.0. The Morgan fingerprint density at radius 3 is 2.52 bits per heavy atom. The molecule has 0 aromatic heterocycles. The smallest absolute Gasteiger partial charge is 0.243 e. The van der Waals surface area contributed by atoms with E-state index in [-0.39, 0.29) is 5.91 Å². The van der Waals surface area contributed by atoms with Crippen LogP contribution in [-0.2, 0) is 16.0 Å². The third kappa shape index (κ3) is 4.89. The zero-order valence-corrected chi connectivity index (χ0v) is 13.7. The summed E-state index contributed by atoms with van der Waals surface area (Å²) in [7, 11) is 0. The van der Waals surface area contributed by atoms with Gasteiger partial charge in [0.05, 0.1) is 6.04 Å². The predicted molar refractivity (Wildman–Crippen MR) is 92.8 cm³/mol. The van der Waals surface area contributed by atoms with Gasteiger partial charge < -0.3 is 5.73 Å². The number of carbonyl (C=O) groups is 2. The molecule has 0 heterocycles. The first-order valence-corrected chi connectivity index (χ1v) is 8.03. The van der Waals surface area contributed by atoms with Crippen molar-refractivity contribution in [2.45, 2.75) is 39.2 Å². The number of fused-ring (bicyclic) bond motifs is 1. The maximum Gasteiger partial charge on any atom is 0.243 e. The molecule has 0 bridgehead atoms. The molecule has 0 radical (unpaired) electrons. The van der Waals surface area contributed by atoms with Crippen molar-refractivity contribution in [2.24, 2.45) is 11.7 Å². The highest BCUT2D eigenvalue weighted by Gasteiger charge is 2.17. The molecular weight excluding hydrogens is 288 g/mol. The summed E-state index contributed by atoms with van der Waals surface area (Å²) in [5, 5.41) is 4.60. The average Bonchev–Trinajstić information content (AvgIpc) is 2.53. The Morgan fingerprint density at radius 2 is 1.78 bits per heavy atom. The van der Waals surface area contributed by atoms with E-state index in [2.05, 4.69) is 5.32 Å². The summed E-state index contributed by atoms with van der Waals surface area (Å²) >= 11 is 0. The third-order valence-electron chi connectivity index (χ3n) is 3.87. The van der Waals surface area contributed by atoms with Gasteiger partial charge in [-0.15, -0.1) is 0 Å². The fraction of sp³-hybridized carbons (Fsp3) is 0.368. The van der Waals surface area contributed by atoms with Gasteiger partial charge >= 0.3 is 0 Å². The summed E-state index contributed by atoms with van der Waals surface area (Å²) in [5.41, 5.74) is 6.99. The van der Waals surface area contributed by atoms with Crippen molar-refractivity contribution in [1.29, 1.82) is 0 Å². The van der Waals surface area contributed by atoms with Crippen molar-refractivity contribution in [3.63, 3.8) is 0 Å². The number of rotatable bonds is 6. The molecule has 1 atom stereocenters. The van der Waals surface area contributed by atoms with Crippen LogP contribution in [0.15, 0.2) is 42.5 Å². The van der Waals surface area contributed by atoms with E-state index in [1.54, 1.807) is 0 Å². The zero-order chi connectivity index (χ0) is 16.8. The SMILES string of the molecule is CC(C)CCC(=O)NC(=O)C(N)Cc1cccc2ccccc12. The summed E-state index contributed by atoms with van der Waals surface area (Å²) in [6.07, 6.45) is 1.52. The Labute approximate surface area is 137 Å². The molecule has 3 N–H and O–H groups in total. The first-order valence-electron chi connectivity index (χ1n) is 8.03. The average molecular weight is 312 g/mol. The van der Waals surface area contributed by atoms with Crippen LogP contribution in [0.1, 0.15) is 32.3 Å². The number of imide groups is 1. The van der Waals surface area contributed by atoms with Gasteiger partial charge in [-0.25, -0.2) is 0 Å². The lowest BCUT2D eigenvalue weighted by Gasteiger charge is -2.13. The zero-order valence-electron chi connectivity index (χ0n) is 13.7. The molecule has 4 heteroatoms. The second-order valence-electron chi connectivity index (χ2n) is 6.29. The van der Waals surface area contributed by atoms with Crippen molar-refractivity contribution in [3.8, 4) is 0 Å². The highest BCUT2D eigenvalue weighted by Crippen LogP contribution is 2.19. The number of hydrogen-bond donors (Lipinski definition) is 2. The Bertz CT molecular complexity index is 689. The summed E-state index contributed by atoms with van der Waals surface area (Å²) in [6.45, 7) is 4.09. The van der Waals surface area contributed by atoms with E-state index >= 15 is 0 Å². The van der Waals surface area contributed by atoms with Crippen LogP contribution in [0.4, 0.5) is 0 Å². The molecule has 1 unspecified atom stereocenters. The van der Waals surface area contributed by atoms with Crippen LogP contribution in [0, 0.1) is 5.92 Å². The number of nitrogens with one attached hydrogen (secondary N) is 1. The summed E-state index contributed by atoms with van der Waals surface area (Å²) < 4.78 is 0. The Kier molecular flexibility index (Phi) is 5.88. The van der Waals surface area contributed by atoms with Crippen LogP contribution < -0.4 is 11.1 Å². The molecule has 0 saturated heterocycles. The number of hydrogen-bond acceptors (Lipinski definition) is 3. The van der Waals surface area contributed by atoms with Crippen LogP contribution >= 0.6 is 0 Å². The molecule has 0 spiro atoms. The van der Waals surface area contributed by atoms with Crippen molar-refractivity contribution in [1.82, 2.24) is 5.32 Å². The highest BCUT2D eigenvalue weighted by molar-refractivity contribution is 5.98. The number of nitrogens with two attached hydrogens (primary N) is 1. The second-order valence-corrected chi connectivity index (χ2v) is 6.29. The van der Waals surface area contributed by atoms with E-state index in [0.29, 0.717) is 18.8 Å². The largest absolute Gasteiger partial charge is 0.320 e. The van der Waals surface area contributed by atoms with Crippen LogP contribution in [-0.4, -0.2) is 17.9 Å². The summed E-state index contributed by atoms with van der Waals surface area (Å²) in [6, 6.07) is 13.2. The van der Waals surface area contributed by atoms with E-state index in [4.69, 9.17) is 5.73 Å².